The van der Waals surface area contributed by atoms with Crippen molar-refractivity contribution in [2.24, 2.45) is 0 Å². The van der Waals surface area contributed by atoms with E-state index in [0.29, 0.717) is 11.8 Å². The standard InChI is InChI=1S/C18H24N2S/c1-12(2)13-8-10-14(11-9-13)16-17(19)21-18(20-16)15-6-4-3-5-7-15/h8-12,15H,3-7,19H2,1-2H3. The molecule has 0 aliphatic heterocycles. The molecule has 0 radical (unpaired) electrons. The third-order valence-corrected chi connectivity index (χ3v) is 5.52. The van der Waals surface area contributed by atoms with E-state index in [4.69, 9.17) is 10.7 Å². The van der Waals surface area contributed by atoms with Crippen LogP contribution in [0.4, 0.5) is 5.00 Å². The summed E-state index contributed by atoms with van der Waals surface area (Å²) < 4.78 is 0. The average molecular weight is 300 g/mol. The van der Waals surface area contributed by atoms with E-state index in [0.717, 1.165) is 16.3 Å². The monoisotopic (exact) mass is 300 g/mol. The average Bonchev–Trinajstić information content (AvgIpc) is 2.90. The third-order valence-electron chi connectivity index (χ3n) is 4.48. The van der Waals surface area contributed by atoms with Gasteiger partial charge >= 0.3 is 0 Å². The smallest absolute Gasteiger partial charge is 0.114 e. The Morgan fingerprint density at radius 2 is 1.76 bits per heavy atom. The summed E-state index contributed by atoms with van der Waals surface area (Å²) in [5, 5.41) is 2.11. The molecule has 1 aliphatic carbocycles. The van der Waals surface area contributed by atoms with Gasteiger partial charge in [0.1, 0.15) is 10.7 Å². The van der Waals surface area contributed by atoms with Gasteiger partial charge in [-0.2, -0.15) is 0 Å². The van der Waals surface area contributed by atoms with Crippen molar-refractivity contribution in [2.45, 2.75) is 57.8 Å². The first-order valence-electron chi connectivity index (χ1n) is 8.01. The van der Waals surface area contributed by atoms with Gasteiger partial charge < -0.3 is 5.73 Å². The number of anilines is 1. The van der Waals surface area contributed by atoms with E-state index < -0.39 is 0 Å². The maximum Gasteiger partial charge on any atom is 0.114 e. The van der Waals surface area contributed by atoms with Gasteiger partial charge in [0.15, 0.2) is 0 Å². The molecule has 1 saturated carbocycles. The minimum atomic E-state index is 0.560. The zero-order chi connectivity index (χ0) is 14.8. The van der Waals surface area contributed by atoms with Crippen LogP contribution in [0.25, 0.3) is 11.3 Å². The summed E-state index contributed by atoms with van der Waals surface area (Å²) in [5.74, 6) is 1.19. The number of benzene rings is 1. The first-order chi connectivity index (χ1) is 10.1. The number of nitrogens with zero attached hydrogens (tertiary/aromatic N) is 1. The lowest BCUT2D eigenvalue weighted by atomic mass is 9.90. The molecule has 0 saturated heterocycles. The summed E-state index contributed by atoms with van der Waals surface area (Å²) in [6.45, 7) is 4.43. The topological polar surface area (TPSA) is 38.9 Å². The van der Waals surface area contributed by atoms with Gasteiger partial charge in [0, 0.05) is 11.5 Å². The Bertz CT molecular complexity index is 592. The Balaban J connectivity index is 1.86. The van der Waals surface area contributed by atoms with E-state index in [1.54, 1.807) is 11.3 Å². The van der Waals surface area contributed by atoms with E-state index in [9.17, 15) is 0 Å². The maximum atomic E-state index is 6.23. The van der Waals surface area contributed by atoms with Gasteiger partial charge in [0.05, 0.1) is 5.01 Å². The molecule has 1 aliphatic rings. The molecule has 0 atom stereocenters. The maximum absolute atomic E-state index is 6.23. The van der Waals surface area contributed by atoms with Crippen molar-refractivity contribution in [3.05, 3.63) is 34.8 Å². The van der Waals surface area contributed by atoms with Crippen LogP contribution >= 0.6 is 11.3 Å². The number of hydrogen-bond acceptors (Lipinski definition) is 3. The predicted molar refractivity (Wildman–Crippen MR) is 91.9 cm³/mol. The number of nitrogen functional groups attached to an aromatic ring is 1. The second-order valence-electron chi connectivity index (χ2n) is 6.38. The van der Waals surface area contributed by atoms with Crippen molar-refractivity contribution < 1.29 is 0 Å². The summed E-state index contributed by atoms with van der Waals surface area (Å²) in [6.07, 6.45) is 6.60. The molecular weight excluding hydrogens is 276 g/mol. The highest BCUT2D eigenvalue weighted by atomic mass is 32.1. The van der Waals surface area contributed by atoms with E-state index in [-0.39, 0.29) is 0 Å². The highest BCUT2D eigenvalue weighted by Crippen LogP contribution is 2.39. The third kappa shape index (κ3) is 3.13. The zero-order valence-corrected chi connectivity index (χ0v) is 13.7. The van der Waals surface area contributed by atoms with Crippen LogP contribution in [0.15, 0.2) is 24.3 Å². The van der Waals surface area contributed by atoms with Crippen molar-refractivity contribution in [3.63, 3.8) is 0 Å². The number of rotatable bonds is 3. The fraction of sp³-hybridized carbons (Fsp3) is 0.500. The minimum absolute atomic E-state index is 0.560. The SMILES string of the molecule is CC(C)c1ccc(-c2nc(C3CCCCC3)sc2N)cc1. The Hall–Kier alpha value is -1.35. The Labute approximate surface area is 131 Å². The molecule has 1 aromatic heterocycles. The molecule has 0 unspecified atom stereocenters. The van der Waals surface area contributed by atoms with Crippen molar-refractivity contribution >= 4 is 16.3 Å². The molecule has 112 valence electrons. The Morgan fingerprint density at radius 3 is 2.38 bits per heavy atom. The largest absolute Gasteiger partial charge is 0.389 e. The van der Waals surface area contributed by atoms with E-state index in [2.05, 4.69) is 38.1 Å². The summed E-state index contributed by atoms with van der Waals surface area (Å²) in [5.41, 5.74) is 9.73. The zero-order valence-electron chi connectivity index (χ0n) is 12.9. The lowest BCUT2D eigenvalue weighted by molar-refractivity contribution is 0.442. The van der Waals surface area contributed by atoms with Crippen LogP contribution in [0.3, 0.4) is 0 Å². The van der Waals surface area contributed by atoms with Crippen molar-refractivity contribution in [3.8, 4) is 11.3 Å². The van der Waals surface area contributed by atoms with Crippen molar-refractivity contribution in [2.75, 3.05) is 5.73 Å². The molecule has 1 fully saturated rings. The van der Waals surface area contributed by atoms with E-state index >= 15 is 0 Å². The van der Waals surface area contributed by atoms with E-state index in [1.165, 1.54) is 42.7 Å². The molecule has 0 spiro atoms. The fourth-order valence-electron chi connectivity index (χ4n) is 3.11. The number of hydrogen-bond donors (Lipinski definition) is 1. The molecule has 2 aromatic rings. The van der Waals surface area contributed by atoms with Crippen molar-refractivity contribution in [1.29, 1.82) is 0 Å². The highest BCUT2D eigenvalue weighted by Gasteiger charge is 2.21. The molecule has 1 aromatic carbocycles. The summed E-state index contributed by atoms with van der Waals surface area (Å²) in [7, 11) is 0. The van der Waals surface area contributed by atoms with Gasteiger partial charge in [-0.1, -0.05) is 57.4 Å². The quantitative estimate of drug-likeness (QED) is 0.805. The predicted octanol–water partition coefficient (Wildman–Crippen LogP) is 5.56. The molecule has 3 rings (SSSR count). The first-order valence-corrected chi connectivity index (χ1v) is 8.83. The molecular formula is C18H24N2S. The Morgan fingerprint density at radius 1 is 1.10 bits per heavy atom. The van der Waals surface area contributed by atoms with Crippen LogP contribution in [-0.4, -0.2) is 4.98 Å². The molecule has 1 heterocycles. The number of nitrogens with two attached hydrogens (primary N) is 1. The van der Waals surface area contributed by atoms with Crippen LogP contribution < -0.4 is 5.73 Å². The minimum Gasteiger partial charge on any atom is -0.389 e. The first kappa shape index (κ1) is 14.6. The van der Waals surface area contributed by atoms with Crippen LogP contribution in [0.5, 0.6) is 0 Å². The molecule has 2 nitrogen and oxygen atoms in total. The second kappa shape index (κ2) is 6.18. The molecule has 3 heteroatoms. The summed E-state index contributed by atoms with van der Waals surface area (Å²) in [6, 6.07) is 8.70. The lowest BCUT2D eigenvalue weighted by Crippen LogP contribution is -2.03. The van der Waals surface area contributed by atoms with Crippen LogP contribution in [0, 0.1) is 0 Å². The normalized spacial score (nSPS) is 16.5. The number of aromatic nitrogens is 1. The summed E-state index contributed by atoms with van der Waals surface area (Å²) >= 11 is 1.69. The van der Waals surface area contributed by atoms with Crippen LogP contribution in [0.2, 0.25) is 0 Å². The van der Waals surface area contributed by atoms with Gasteiger partial charge in [-0.05, 0) is 24.3 Å². The fourth-order valence-corrected chi connectivity index (χ4v) is 4.13. The van der Waals surface area contributed by atoms with Gasteiger partial charge in [0.25, 0.3) is 0 Å². The Kier molecular flexibility index (Phi) is 4.29. The van der Waals surface area contributed by atoms with Gasteiger partial charge in [-0.3, -0.25) is 0 Å². The lowest BCUT2D eigenvalue weighted by Gasteiger charge is -2.18. The molecule has 21 heavy (non-hydrogen) atoms. The van der Waals surface area contributed by atoms with Crippen molar-refractivity contribution in [1.82, 2.24) is 4.98 Å². The molecule has 2 N–H and O–H groups in total. The van der Waals surface area contributed by atoms with Crippen LogP contribution in [0.1, 0.15) is 68.4 Å². The second-order valence-corrected chi connectivity index (χ2v) is 7.44. The van der Waals surface area contributed by atoms with Gasteiger partial charge in [0.2, 0.25) is 0 Å². The van der Waals surface area contributed by atoms with Crippen LogP contribution in [-0.2, 0) is 0 Å². The summed E-state index contributed by atoms with van der Waals surface area (Å²) in [4.78, 5) is 4.87. The molecule has 0 bridgehead atoms. The molecule has 0 amide bonds. The van der Waals surface area contributed by atoms with Gasteiger partial charge in [-0.25, -0.2) is 4.98 Å². The van der Waals surface area contributed by atoms with E-state index in [1.807, 2.05) is 0 Å². The number of thiazole rings is 1. The highest BCUT2D eigenvalue weighted by molar-refractivity contribution is 7.16. The van der Waals surface area contributed by atoms with Gasteiger partial charge in [-0.15, -0.1) is 11.3 Å².